The van der Waals surface area contributed by atoms with Crippen LogP contribution in [0, 0.1) is 17.8 Å². The number of alkyl halides is 1. The fourth-order valence-electron chi connectivity index (χ4n) is 3.06. The summed E-state index contributed by atoms with van der Waals surface area (Å²) in [5.74, 6) is 5.67. The third kappa shape index (κ3) is 11.4. The molecule has 0 spiro atoms. The number of amides is 2. The zero-order chi connectivity index (χ0) is 28.6. The van der Waals surface area contributed by atoms with Crippen molar-refractivity contribution in [3.05, 3.63) is 48.2 Å². The number of anilines is 3. The average molecular weight is 543 g/mol. The first kappa shape index (κ1) is 31.1. The Bertz CT molecular complexity index is 1160. The molecule has 0 aromatic carbocycles. The molecule has 1 atom stereocenters. The van der Waals surface area contributed by atoms with E-state index >= 15 is 0 Å². The van der Waals surface area contributed by atoms with Crippen LogP contribution < -0.4 is 16.0 Å². The molecule has 2 aromatic heterocycles. The maximum Gasteiger partial charge on any atom is 0.246 e. The molecule has 3 N–H and O–H groups in total. The fourth-order valence-corrected chi connectivity index (χ4v) is 3.06. The lowest BCUT2D eigenvalue weighted by Gasteiger charge is -2.23. The Balaban J connectivity index is 1.89. The third-order valence-corrected chi connectivity index (χ3v) is 5.41. The second-order valence-corrected chi connectivity index (χ2v) is 8.91. The number of nitrogens with zero attached hydrogens (tertiary/aromatic N) is 5. The number of aromatic nitrogens is 3. The van der Waals surface area contributed by atoms with Crippen molar-refractivity contribution in [3.8, 4) is 11.8 Å². The summed E-state index contributed by atoms with van der Waals surface area (Å²) in [6.45, 7) is 2.62. The highest BCUT2D eigenvalue weighted by atomic mass is 19.1. The van der Waals surface area contributed by atoms with Gasteiger partial charge in [-0.2, -0.15) is 9.37 Å². The third-order valence-electron chi connectivity index (χ3n) is 5.41. The zero-order valence-corrected chi connectivity index (χ0v) is 22.8. The Morgan fingerprint density at radius 3 is 2.62 bits per heavy atom. The summed E-state index contributed by atoms with van der Waals surface area (Å²) in [5, 5.41) is 8.83. The SMILES string of the molecule is C[C@@H](C(=O)NCCCC#Cc1cnc(Nc2ccc(F)nc2)nc1NCCCF)N(C)C(=O)/C=C/CN(C)C. The smallest absolute Gasteiger partial charge is 0.246 e. The van der Waals surface area contributed by atoms with Crippen LogP contribution in [-0.2, 0) is 9.59 Å². The molecule has 0 aliphatic carbocycles. The molecule has 2 rings (SSSR count). The zero-order valence-electron chi connectivity index (χ0n) is 22.8. The maximum absolute atomic E-state index is 13.0. The van der Waals surface area contributed by atoms with Crippen molar-refractivity contribution >= 4 is 29.3 Å². The average Bonchev–Trinajstić information content (AvgIpc) is 2.91. The molecule has 10 nitrogen and oxygen atoms in total. The molecule has 12 heteroatoms. The summed E-state index contributed by atoms with van der Waals surface area (Å²) < 4.78 is 25.6. The summed E-state index contributed by atoms with van der Waals surface area (Å²) in [5.41, 5.74) is 1.05. The Kier molecular flexibility index (Phi) is 13.3. The highest BCUT2D eigenvalue weighted by Gasteiger charge is 2.20. The highest BCUT2D eigenvalue weighted by molar-refractivity contribution is 5.92. The standard InChI is InChI=1S/C27H36F2N8O2/c1-20(37(4)24(38)11-8-17-36(2)3)26(39)31-15-7-5-6-10-21-18-33-27(35-25(21)30-16-9-14-28)34-22-12-13-23(29)32-19-22/h8,11-13,18-20H,5,7,9,14-17H2,1-4H3,(H,31,39)(H2,30,33,34,35)/b11-8+/t20-/m0/s1. The molecule has 2 amide bonds. The van der Waals surface area contributed by atoms with Crippen LogP contribution in [0.5, 0.6) is 0 Å². The van der Waals surface area contributed by atoms with Crippen molar-refractivity contribution in [2.45, 2.75) is 32.2 Å². The molecule has 39 heavy (non-hydrogen) atoms. The van der Waals surface area contributed by atoms with Gasteiger partial charge in [-0.25, -0.2) is 9.97 Å². The molecule has 0 unspecified atom stereocenters. The maximum atomic E-state index is 13.0. The number of hydrogen-bond acceptors (Lipinski definition) is 8. The lowest BCUT2D eigenvalue weighted by Crippen LogP contribution is -2.45. The van der Waals surface area contributed by atoms with Crippen molar-refractivity contribution in [3.63, 3.8) is 0 Å². The van der Waals surface area contributed by atoms with Gasteiger partial charge < -0.3 is 25.8 Å². The van der Waals surface area contributed by atoms with Gasteiger partial charge in [-0.1, -0.05) is 17.9 Å². The van der Waals surface area contributed by atoms with Gasteiger partial charge in [-0.05, 0) is 46.0 Å². The van der Waals surface area contributed by atoms with Crippen LogP contribution in [0.15, 0.2) is 36.7 Å². The molecule has 0 radical (unpaired) electrons. The topological polar surface area (TPSA) is 115 Å². The monoisotopic (exact) mass is 542 g/mol. The molecule has 2 heterocycles. The van der Waals surface area contributed by atoms with E-state index in [0.29, 0.717) is 56.0 Å². The number of nitrogens with one attached hydrogen (secondary N) is 3. The summed E-state index contributed by atoms with van der Waals surface area (Å²) in [7, 11) is 5.40. The van der Waals surface area contributed by atoms with E-state index in [1.54, 1.807) is 26.2 Å². The van der Waals surface area contributed by atoms with Gasteiger partial charge in [0, 0.05) is 39.2 Å². The number of halogens is 2. The fraction of sp³-hybridized carbons (Fsp3) is 0.444. The Morgan fingerprint density at radius 2 is 1.92 bits per heavy atom. The quantitative estimate of drug-likeness (QED) is 0.145. The van der Waals surface area contributed by atoms with Crippen molar-refractivity contribution in [2.75, 3.05) is 58.1 Å². The van der Waals surface area contributed by atoms with Gasteiger partial charge in [-0.3, -0.25) is 14.0 Å². The normalized spacial score (nSPS) is 11.6. The van der Waals surface area contributed by atoms with Gasteiger partial charge in [0.25, 0.3) is 0 Å². The van der Waals surface area contributed by atoms with Crippen LogP contribution in [0.4, 0.5) is 26.2 Å². The number of hydrogen-bond donors (Lipinski definition) is 3. The van der Waals surface area contributed by atoms with E-state index < -0.39 is 18.7 Å². The highest BCUT2D eigenvalue weighted by Crippen LogP contribution is 2.17. The van der Waals surface area contributed by atoms with E-state index in [2.05, 4.69) is 42.7 Å². The van der Waals surface area contributed by atoms with E-state index in [-0.39, 0.29) is 17.8 Å². The first-order valence-electron chi connectivity index (χ1n) is 12.6. The van der Waals surface area contributed by atoms with Crippen LogP contribution in [0.3, 0.4) is 0 Å². The second kappa shape index (κ2) is 16.7. The summed E-state index contributed by atoms with van der Waals surface area (Å²) in [6, 6.07) is 2.11. The van der Waals surface area contributed by atoms with Crippen LogP contribution in [0.25, 0.3) is 0 Å². The van der Waals surface area contributed by atoms with E-state index in [1.807, 2.05) is 19.0 Å². The first-order chi connectivity index (χ1) is 18.7. The van der Waals surface area contributed by atoms with Crippen LogP contribution in [0.2, 0.25) is 0 Å². The number of carbonyl (C=O) groups is 2. The van der Waals surface area contributed by atoms with Crippen molar-refractivity contribution in [1.29, 1.82) is 0 Å². The van der Waals surface area contributed by atoms with Gasteiger partial charge in [0.1, 0.15) is 11.9 Å². The molecule has 0 bridgehead atoms. The lowest BCUT2D eigenvalue weighted by atomic mass is 10.2. The van der Waals surface area contributed by atoms with Gasteiger partial charge in [0.2, 0.25) is 23.7 Å². The molecule has 0 fully saturated rings. The molecule has 0 saturated heterocycles. The number of carbonyl (C=O) groups excluding carboxylic acids is 2. The molecule has 2 aromatic rings. The van der Waals surface area contributed by atoms with E-state index in [0.717, 1.165) is 0 Å². The lowest BCUT2D eigenvalue weighted by molar-refractivity contribution is -0.135. The number of rotatable bonds is 14. The van der Waals surface area contributed by atoms with Crippen LogP contribution in [-0.4, -0.2) is 90.1 Å². The molecule has 0 aliphatic rings. The van der Waals surface area contributed by atoms with E-state index in [4.69, 9.17) is 0 Å². The van der Waals surface area contributed by atoms with E-state index in [1.165, 1.54) is 29.3 Å². The number of likely N-dealkylation sites (N-methyl/N-ethyl adjacent to an activating group) is 2. The van der Waals surface area contributed by atoms with Crippen LogP contribution >= 0.6 is 0 Å². The minimum atomic E-state index is -0.611. The predicted octanol–water partition coefficient (Wildman–Crippen LogP) is 2.74. The van der Waals surface area contributed by atoms with Crippen LogP contribution in [0.1, 0.15) is 31.7 Å². The van der Waals surface area contributed by atoms with Gasteiger partial charge in [-0.15, -0.1) is 0 Å². The second-order valence-electron chi connectivity index (χ2n) is 8.91. The molecule has 0 saturated carbocycles. The summed E-state index contributed by atoms with van der Waals surface area (Å²) in [6.07, 6.45) is 7.50. The summed E-state index contributed by atoms with van der Waals surface area (Å²) >= 11 is 0. The molecular weight excluding hydrogens is 506 g/mol. The van der Waals surface area contributed by atoms with Crippen molar-refractivity contribution in [1.82, 2.24) is 30.1 Å². The van der Waals surface area contributed by atoms with Gasteiger partial charge in [0.05, 0.1) is 30.3 Å². The van der Waals surface area contributed by atoms with Gasteiger partial charge in [0.15, 0.2) is 0 Å². The summed E-state index contributed by atoms with van der Waals surface area (Å²) in [4.78, 5) is 40.2. The molecule has 0 aliphatic heterocycles. The number of pyridine rings is 1. The number of unbranched alkanes of at least 4 members (excludes halogenated alkanes) is 1. The van der Waals surface area contributed by atoms with E-state index in [9.17, 15) is 18.4 Å². The largest absolute Gasteiger partial charge is 0.369 e. The minimum Gasteiger partial charge on any atom is -0.369 e. The predicted molar refractivity (Wildman–Crippen MR) is 148 cm³/mol. The Hall–Kier alpha value is -4.11. The van der Waals surface area contributed by atoms with Crippen molar-refractivity contribution < 1.29 is 18.4 Å². The Labute approximate surface area is 228 Å². The van der Waals surface area contributed by atoms with Crippen molar-refractivity contribution in [2.24, 2.45) is 0 Å². The Morgan fingerprint density at radius 1 is 1.13 bits per heavy atom. The first-order valence-corrected chi connectivity index (χ1v) is 12.6. The molecule has 210 valence electrons. The van der Waals surface area contributed by atoms with Gasteiger partial charge >= 0.3 is 0 Å². The minimum absolute atomic E-state index is 0.237. The molecular formula is C27H36F2N8O2.